The molecule has 1 heterocycles. The molecule has 0 aliphatic rings. The van der Waals surface area contributed by atoms with Gasteiger partial charge in [0.2, 0.25) is 0 Å². The van der Waals surface area contributed by atoms with Crippen molar-refractivity contribution in [3.63, 3.8) is 0 Å². The van der Waals surface area contributed by atoms with Gasteiger partial charge in [-0.3, -0.25) is 15.4 Å². The molecule has 1 aromatic carbocycles. The quantitative estimate of drug-likeness (QED) is 0.649. The van der Waals surface area contributed by atoms with E-state index < -0.39 is 0 Å². The van der Waals surface area contributed by atoms with Gasteiger partial charge in [-0.15, -0.1) is 0 Å². The van der Waals surface area contributed by atoms with Gasteiger partial charge in [-0.25, -0.2) is 4.98 Å². The standard InChI is InChI=1S/C14H17N5/c1-11(15)19-9-8-17-14(13(19)16)18(2)10-12-6-4-3-5-7-12/h3-9,15-16H,10H2,1-2H3. The topological polar surface area (TPSA) is 68.8 Å². The maximum Gasteiger partial charge on any atom is 0.174 e. The van der Waals surface area contributed by atoms with Crippen molar-refractivity contribution in [2.75, 3.05) is 11.9 Å². The van der Waals surface area contributed by atoms with E-state index in [0.29, 0.717) is 18.2 Å². The van der Waals surface area contributed by atoms with Crippen molar-refractivity contribution in [1.82, 2.24) is 9.55 Å². The molecule has 0 amide bonds. The lowest BCUT2D eigenvalue weighted by Crippen LogP contribution is -2.32. The largest absolute Gasteiger partial charge is 0.352 e. The maximum absolute atomic E-state index is 8.09. The van der Waals surface area contributed by atoms with Crippen LogP contribution in [0.1, 0.15) is 12.5 Å². The maximum atomic E-state index is 8.09. The summed E-state index contributed by atoms with van der Waals surface area (Å²) < 4.78 is 1.50. The van der Waals surface area contributed by atoms with E-state index in [1.807, 2.05) is 42.3 Å². The molecular weight excluding hydrogens is 238 g/mol. The van der Waals surface area contributed by atoms with E-state index in [-0.39, 0.29) is 5.49 Å². The van der Waals surface area contributed by atoms with E-state index in [0.717, 1.165) is 5.56 Å². The van der Waals surface area contributed by atoms with Crippen LogP contribution in [-0.2, 0) is 6.54 Å². The van der Waals surface area contributed by atoms with Crippen LogP contribution in [0.2, 0.25) is 0 Å². The lowest BCUT2D eigenvalue weighted by molar-refractivity contribution is 0.836. The molecule has 0 fully saturated rings. The molecule has 0 saturated carbocycles. The lowest BCUT2D eigenvalue weighted by atomic mass is 10.2. The zero-order chi connectivity index (χ0) is 13.8. The monoisotopic (exact) mass is 255 g/mol. The summed E-state index contributed by atoms with van der Waals surface area (Å²) in [6.07, 6.45) is 3.25. The minimum absolute atomic E-state index is 0.230. The fraction of sp³-hybridized carbons (Fsp3) is 0.214. The van der Waals surface area contributed by atoms with Gasteiger partial charge >= 0.3 is 0 Å². The Kier molecular flexibility index (Phi) is 3.75. The Morgan fingerprint density at radius 1 is 1.32 bits per heavy atom. The van der Waals surface area contributed by atoms with Gasteiger partial charge < -0.3 is 4.90 Å². The predicted molar refractivity (Wildman–Crippen MR) is 75.4 cm³/mol. The summed E-state index contributed by atoms with van der Waals surface area (Å²) in [5.74, 6) is 0.875. The van der Waals surface area contributed by atoms with Crippen LogP contribution in [0.3, 0.4) is 0 Å². The Balaban J connectivity index is 2.30. The van der Waals surface area contributed by atoms with Crippen LogP contribution in [0, 0.1) is 10.8 Å². The summed E-state index contributed by atoms with van der Waals surface area (Å²) in [5.41, 5.74) is 1.39. The smallest absolute Gasteiger partial charge is 0.174 e. The van der Waals surface area contributed by atoms with E-state index in [2.05, 4.69) is 4.98 Å². The number of nitrogens with zero attached hydrogens (tertiary/aromatic N) is 3. The third kappa shape index (κ3) is 2.88. The average Bonchev–Trinajstić information content (AvgIpc) is 2.39. The number of rotatable bonds is 3. The van der Waals surface area contributed by atoms with Gasteiger partial charge in [0.15, 0.2) is 11.3 Å². The van der Waals surface area contributed by atoms with Crippen molar-refractivity contribution in [3.05, 3.63) is 53.8 Å². The van der Waals surface area contributed by atoms with Gasteiger partial charge in [-0.1, -0.05) is 30.3 Å². The fourth-order valence-corrected chi connectivity index (χ4v) is 1.91. The number of nitrogens with one attached hydrogen (secondary N) is 2. The highest BCUT2D eigenvalue weighted by molar-refractivity contribution is 5.78. The van der Waals surface area contributed by atoms with Gasteiger partial charge in [0, 0.05) is 26.0 Å². The van der Waals surface area contributed by atoms with E-state index in [9.17, 15) is 0 Å². The molecule has 0 unspecified atom stereocenters. The molecule has 0 saturated heterocycles. The first-order valence-corrected chi connectivity index (χ1v) is 6.02. The molecule has 2 N–H and O–H groups in total. The molecule has 1 aromatic heterocycles. The zero-order valence-corrected chi connectivity index (χ0v) is 11.1. The minimum Gasteiger partial charge on any atom is -0.352 e. The van der Waals surface area contributed by atoms with E-state index in [1.54, 1.807) is 19.3 Å². The minimum atomic E-state index is 0.230. The Labute approximate surface area is 112 Å². The van der Waals surface area contributed by atoms with Gasteiger partial charge in [0.25, 0.3) is 0 Å². The van der Waals surface area contributed by atoms with Crippen molar-refractivity contribution >= 4 is 11.7 Å². The van der Waals surface area contributed by atoms with Gasteiger partial charge in [-0.2, -0.15) is 0 Å². The van der Waals surface area contributed by atoms with Crippen molar-refractivity contribution in [3.8, 4) is 0 Å². The fourth-order valence-electron chi connectivity index (χ4n) is 1.91. The van der Waals surface area contributed by atoms with Crippen LogP contribution >= 0.6 is 0 Å². The number of aromatic nitrogens is 2. The van der Waals surface area contributed by atoms with Crippen LogP contribution < -0.4 is 10.4 Å². The van der Waals surface area contributed by atoms with Crippen LogP contribution in [-0.4, -0.2) is 22.4 Å². The van der Waals surface area contributed by atoms with E-state index in [4.69, 9.17) is 10.8 Å². The number of benzene rings is 1. The number of hydrogen-bond acceptors (Lipinski definition) is 4. The van der Waals surface area contributed by atoms with Crippen molar-refractivity contribution in [1.29, 1.82) is 10.8 Å². The number of anilines is 1. The second-order valence-corrected chi connectivity index (χ2v) is 4.40. The summed E-state index contributed by atoms with van der Waals surface area (Å²) in [6, 6.07) is 10.0. The highest BCUT2D eigenvalue weighted by Gasteiger charge is 2.08. The SMILES string of the molecule is CC(=N)n1ccnc(N(C)Cc2ccccc2)c1=N. The normalized spacial score (nSPS) is 10.2. The van der Waals surface area contributed by atoms with Gasteiger partial charge in [-0.05, 0) is 12.5 Å². The molecule has 0 aliphatic carbocycles. The molecule has 5 nitrogen and oxygen atoms in total. The molecule has 19 heavy (non-hydrogen) atoms. The van der Waals surface area contributed by atoms with E-state index >= 15 is 0 Å². The molecule has 0 radical (unpaired) electrons. The molecular formula is C14H17N5. The molecule has 2 aromatic rings. The summed E-state index contributed by atoms with van der Waals surface area (Å²) in [6.45, 7) is 2.33. The Hall–Kier alpha value is -2.43. The molecule has 0 bridgehead atoms. The highest BCUT2D eigenvalue weighted by Crippen LogP contribution is 2.07. The summed E-state index contributed by atoms with van der Waals surface area (Å²) in [7, 11) is 1.90. The second-order valence-electron chi connectivity index (χ2n) is 4.40. The first kappa shape index (κ1) is 13.0. The molecule has 0 atom stereocenters. The average molecular weight is 255 g/mol. The predicted octanol–water partition coefficient (Wildman–Crippen LogP) is 1.84. The summed E-state index contributed by atoms with van der Waals surface area (Å²) in [4.78, 5) is 6.15. The Morgan fingerprint density at radius 3 is 2.63 bits per heavy atom. The first-order chi connectivity index (χ1) is 9.09. The third-order valence-electron chi connectivity index (χ3n) is 2.85. The first-order valence-electron chi connectivity index (χ1n) is 6.02. The van der Waals surface area contributed by atoms with Crippen molar-refractivity contribution < 1.29 is 0 Å². The number of hydrogen-bond donors (Lipinski definition) is 2. The summed E-state index contributed by atoms with van der Waals surface area (Å²) >= 11 is 0. The zero-order valence-electron chi connectivity index (χ0n) is 11.1. The van der Waals surface area contributed by atoms with Crippen molar-refractivity contribution in [2.24, 2.45) is 0 Å². The molecule has 0 spiro atoms. The lowest BCUT2D eigenvalue weighted by Gasteiger charge is -2.19. The molecule has 98 valence electrons. The molecule has 2 rings (SSSR count). The molecule has 5 heteroatoms. The molecule has 0 aliphatic heterocycles. The van der Waals surface area contributed by atoms with Crippen LogP contribution in [0.15, 0.2) is 42.7 Å². The van der Waals surface area contributed by atoms with Crippen molar-refractivity contribution in [2.45, 2.75) is 13.5 Å². The van der Waals surface area contributed by atoms with Crippen LogP contribution in [0.5, 0.6) is 0 Å². The van der Waals surface area contributed by atoms with Crippen LogP contribution in [0.25, 0.3) is 0 Å². The van der Waals surface area contributed by atoms with Crippen LogP contribution in [0.4, 0.5) is 5.82 Å². The second kappa shape index (κ2) is 5.48. The van der Waals surface area contributed by atoms with Gasteiger partial charge in [0.05, 0.1) is 0 Å². The Bertz CT molecular complexity index is 630. The van der Waals surface area contributed by atoms with E-state index in [1.165, 1.54) is 4.57 Å². The summed E-state index contributed by atoms with van der Waals surface area (Å²) in [5, 5.41) is 15.7. The third-order valence-corrected chi connectivity index (χ3v) is 2.85. The van der Waals surface area contributed by atoms with Gasteiger partial charge in [0.1, 0.15) is 5.84 Å². The Morgan fingerprint density at radius 2 is 2.00 bits per heavy atom. The highest BCUT2D eigenvalue weighted by atomic mass is 15.2.